The van der Waals surface area contributed by atoms with Crippen LogP contribution in [0.2, 0.25) is 10.0 Å². The molecule has 1 fully saturated rings. The molecule has 1 unspecified atom stereocenters. The number of benzene rings is 1. The highest BCUT2D eigenvalue weighted by atomic mass is 35.5. The lowest BCUT2D eigenvalue weighted by atomic mass is 9.92. The third-order valence-electron chi connectivity index (χ3n) is 5.89. The van der Waals surface area contributed by atoms with Crippen LogP contribution in [0, 0.1) is 5.92 Å². The van der Waals surface area contributed by atoms with Crippen LogP contribution in [0.3, 0.4) is 0 Å². The molecule has 1 aliphatic carbocycles. The van der Waals surface area contributed by atoms with Crippen LogP contribution in [-0.4, -0.2) is 67.1 Å². The summed E-state index contributed by atoms with van der Waals surface area (Å²) < 4.78 is 1.73. The van der Waals surface area contributed by atoms with Crippen LogP contribution >= 0.6 is 23.2 Å². The van der Waals surface area contributed by atoms with Crippen molar-refractivity contribution in [2.75, 3.05) is 19.4 Å². The lowest BCUT2D eigenvalue weighted by Gasteiger charge is -2.22. The molecule has 2 aromatic heterocycles. The second-order valence-corrected chi connectivity index (χ2v) is 8.89. The van der Waals surface area contributed by atoms with E-state index >= 15 is 0 Å². The molecule has 32 heavy (non-hydrogen) atoms. The van der Waals surface area contributed by atoms with E-state index in [1.54, 1.807) is 49.1 Å². The summed E-state index contributed by atoms with van der Waals surface area (Å²) in [5.41, 5.74) is 1.000. The normalized spacial score (nSPS) is 24.0. The smallest absolute Gasteiger partial charge is 0.322 e. The van der Waals surface area contributed by atoms with Crippen LogP contribution in [0.15, 0.2) is 36.8 Å². The minimum absolute atomic E-state index is 0.289. The van der Waals surface area contributed by atoms with E-state index in [4.69, 9.17) is 23.2 Å². The van der Waals surface area contributed by atoms with E-state index in [9.17, 15) is 20.1 Å². The fourth-order valence-corrected chi connectivity index (χ4v) is 4.43. The molecule has 170 valence electrons. The average molecular weight is 480 g/mol. The number of aliphatic hydroxyl groups is 3. The van der Waals surface area contributed by atoms with Gasteiger partial charge in [0.2, 0.25) is 0 Å². The largest absolute Gasteiger partial charge is 0.390 e. The van der Waals surface area contributed by atoms with Crippen LogP contribution in [0.5, 0.6) is 0 Å². The summed E-state index contributed by atoms with van der Waals surface area (Å²) in [7, 11) is 3.24. The van der Waals surface area contributed by atoms with Crippen molar-refractivity contribution in [3.63, 3.8) is 0 Å². The number of hydrogen-bond acceptors (Lipinski definition) is 6. The van der Waals surface area contributed by atoms with Crippen molar-refractivity contribution < 1.29 is 20.1 Å². The monoisotopic (exact) mass is 479 g/mol. The summed E-state index contributed by atoms with van der Waals surface area (Å²) in [6, 6.07) is 5.64. The fraction of sp³-hybridized carbons (Fsp3) is 0.381. The first-order valence-corrected chi connectivity index (χ1v) is 10.7. The highest BCUT2D eigenvalue weighted by Crippen LogP contribution is 2.44. The summed E-state index contributed by atoms with van der Waals surface area (Å²) in [6.45, 7) is 0. The SMILES string of the molecule is CN(C)C(=O)Nc1ncnc2c1ccn2[C@@H]1C[C@H](C(O)c2ccc(Cl)c(Cl)c2)[C@@H](O)[C@H]1O. The number of carbonyl (C=O) groups is 1. The van der Waals surface area contributed by atoms with Crippen molar-refractivity contribution in [3.8, 4) is 0 Å². The molecule has 4 N–H and O–H groups in total. The molecule has 0 radical (unpaired) electrons. The van der Waals surface area contributed by atoms with Gasteiger partial charge in [-0.25, -0.2) is 14.8 Å². The predicted molar refractivity (Wildman–Crippen MR) is 121 cm³/mol. The van der Waals surface area contributed by atoms with E-state index in [-0.39, 0.29) is 12.5 Å². The lowest BCUT2D eigenvalue weighted by molar-refractivity contribution is -0.0264. The molecule has 4 rings (SSSR count). The number of hydrogen-bond donors (Lipinski definition) is 4. The Kier molecular flexibility index (Phi) is 6.28. The summed E-state index contributed by atoms with van der Waals surface area (Å²) >= 11 is 12.0. The number of rotatable bonds is 4. The molecule has 1 aromatic carbocycles. The quantitative estimate of drug-likeness (QED) is 0.456. The number of aromatic nitrogens is 3. The Labute approximate surface area is 194 Å². The first-order chi connectivity index (χ1) is 15.2. The number of nitrogens with zero attached hydrogens (tertiary/aromatic N) is 4. The fourth-order valence-electron chi connectivity index (χ4n) is 4.13. The molecule has 1 aliphatic rings. The number of nitrogens with one attached hydrogen (secondary N) is 1. The standard InChI is InChI=1S/C21H23Cl2N5O4/c1-27(2)21(32)26-19-11-5-6-28(20(11)25-9-24-19)15-8-12(17(30)18(15)31)16(29)10-3-4-13(22)14(23)7-10/h3-7,9,12,15-18,29-31H,8H2,1-2H3,(H,24,25,26,32)/t12-,15-,16?,17-,18+/m1/s1. The number of anilines is 1. The molecule has 0 saturated heterocycles. The number of urea groups is 1. The van der Waals surface area contributed by atoms with Gasteiger partial charge in [0.1, 0.15) is 23.9 Å². The molecule has 3 aromatic rings. The van der Waals surface area contributed by atoms with Crippen molar-refractivity contribution in [3.05, 3.63) is 52.4 Å². The van der Waals surface area contributed by atoms with Gasteiger partial charge in [0.15, 0.2) is 0 Å². The summed E-state index contributed by atoms with van der Waals surface area (Å²) in [4.78, 5) is 21.9. The molecule has 0 aliphatic heterocycles. The highest BCUT2D eigenvalue weighted by molar-refractivity contribution is 6.42. The Bertz CT molecular complexity index is 1150. The lowest BCUT2D eigenvalue weighted by Crippen LogP contribution is -2.31. The topological polar surface area (TPSA) is 124 Å². The van der Waals surface area contributed by atoms with Gasteiger partial charge in [-0.1, -0.05) is 29.3 Å². The molecule has 2 heterocycles. The maximum absolute atomic E-state index is 12.0. The third-order valence-corrected chi connectivity index (χ3v) is 6.62. The molecule has 9 nitrogen and oxygen atoms in total. The number of amides is 2. The maximum atomic E-state index is 12.0. The summed E-state index contributed by atoms with van der Waals surface area (Å²) in [5, 5.41) is 36.4. The van der Waals surface area contributed by atoms with E-state index in [1.165, 1.54) is 11.2 Å². The Morgan fingerprint density at radius 3 is 2.62 bits per heavy atom. The van der Waals surface area contributed by atoms with E-state index in [1.807, 2.05) is 0 Å². The Hall–Kier alpha value is -2.43. The third kappa shape index (κ3) is 4.02. The van der Waals surface area contributed by atoms with Crippen molar-refractivity contribution in [2.45, 2.75) is 30.8 Å². The average Bonchev–Trinajstić information content (AvgIpc) is 3.31. The number of carbonyl (C=O) groups excluding carboxylic acids is 1. The van der Waals surface area contributed by atoms with Crippen molar-refractivity contribution in [1.82, 2.24) is 19.4 Å². The Morgan fingerprint density at radius 2 is 1.94 bits per heavy atom. The molecule has 1 saturated carbocycles. The van der Waals surface area contributed by atoms with Gasteiger partial charge in [0, 0.05) is 26.2 Å². The molecule has 5 atom stereocenters. The van der Waals surface area contributed by atoms with Crippen molar-refractivity contribution in [1.29, 1.82) is 0 Å². The second-order valence-electron chi connectivity index (χ2n) is 8.07. The van der Waals surface area contributed by atoms with Crippen LogP contribution in [0.1, 0.15) is 24.1 Å². The van der Waals surface area contributed by atoms with Crippen LogP contribution in [0.4, 0.5) is 10.6 Å². The minimum Gasteiger partial charge on any atom is -0.390 e. The van der Waals surface area contributed by atoms with Crippen LogP contribution in [0.25, 0.3) is 11.0 Å². The van der Waals surface area contributed by atoms with Gasteiger partial charge in [-0.15, -0.1) is 0 Å². The molecular formula is C21H23Cl2N5O4. The van der Waals surface area contributed by atoms with Crippen molar-refractivity contribution in [2.24, 2.45) is 5.92 Å². The predicted octanol–water partition coefficient (Wildman–Crippen LogP) is 2.85. The van der Waals surface area contributed by atoms with Crippen LogP contribution in [-0.2, 0) is 0 Å². The van der Waals surface area contributed by atoms with Gasteiger partial charge in [0.25, 0.3) is 0 Å². The molecule has 2 amide bonds. The molecular weight excluding hydrogens is 457 g/mol. The van der Waals surface area contributed by atoms with Crippen LogP contribution < -0.4 is 5.32 Å². The Morgan fingerprint density at radius 1 is 1.19 bits per heavy atom. The number of aliphatic hydroxyl groups excluding tert-OH is 3. The van der Waals surface area contributed by atoms with Gasteiger partial charge in [-0.05, 0) is 30.2 Å². The number of halogens is 2. The van der Waals surface area contributed by atoms with Gasteiger partial charge in [-0.3, -0.25) is 5.32 Å². The van der Waals surface area contributed by atoms with Crippen molar-refractivity contribution >= 4 is 46.1 Å². The van der Waals surface area contributed by atoms with E-state index in [0.29, 0.717) is 32.5 Å². The van der Waals surface area contributed by atoms with E-state index in [0.717, 1.165) is 0 Å². The van der Waals surface area contributed by atoms with Gasteiger partial charge in [-0.2, -0.15) is 0 Å². The van der Waals surface area contributed by atoms with Gasteiger partial charge >= 0.3 is 6.03 Å². The number of fused-ring (bicyclic) bond motifs is 1. The summed E-state index contributed by atoms with van der Waals surface area (Å²) in [5.74, 6) is -0.299. The zero-order valence-corrected chi connectivity index (χ0v) is 18.9. The highest BCUT2D eigenvalue weighted by Gasteiger charge is 2.46. The zero-order chi connectivity index (χ0) is 23.2. The Balaban J connectivity index is 1.63. The first kappa shape index (κ1) is 22.8. The minimum atomic E-state index is -1.17. The zero-order valence-electron chi connectivity index (χ0n) is 17.4. The van der Waals surface area contributed by atoms with E-state index < -0.39 is 30.3 Å². The first-order valence-electron chi connectivity index (χ1n) is 9.98. The maximum Gasteiger partial charge on any atom is 0.322 e. The molecule has 11 heteroatoms. The summed E-state index contributed by atoms with van der Waals surface area (Å²) in [6.07, 6.45) is -0.0229. The van der Waals surface area contributed by atoms with Gasteiger partial charge < -0.3 is 24.8 Å². The van der Waals surface area contributed by atoms with E-state index in [2.05, 4.69) is 15.3 Å². The molecule has 0 spiro atoms. The second kappa shape index (κ2) is 8.84. The van der Waals surface area contributed by atoms with Gasteiger partial charge in [0.05, 0.1) is 33.7 Å². The molecule has 0 bridgehead atoms.